The fourth-order valence-electron chi connectivity index (χ4n) is 5.11. The molecule has 0 aromatic heterocycles. The second kappa shape index (κ2) is 11.1. The number of carbonyl (C=O) groups is 3. The largest absolute Gasteiger partial charge is 0.369 e. The van der Waals surface area contributed by atoms with Crippen LogP contribution in [0.3, 0.4) is 0 Å². The van der Waals surface area contributed by atoms with Crippen LogP contribution in [0.15, 0.2) is 30.3 Å². The van der Waals surface area contributed by atoms with E-state index in [1.54, 1.807) is 0 Å². The summed E-state index contributed by atoms with van der Waals surface area (Å²) < 4.78 is 5.61. The number of halogens is 1. The van der Waals surface area contributed by atoms with E-state index >= 15 is 0 Å². The maximum absolute atomic E-state index is 13.0. The number of Topliss-reactive ketones (excluding diaryl/α,β-unsaturated/α-hetero) is 1. The quantitative estimate of drug-likeness (QED) is 0.532. The number of ketones is 1. The highest BCUT2D eigenvalue weighted by Gasteiger charge is 2.43. The standard InChI is InChI=1S/C23H31N3O4.ClH/c27-20(14-30-13-15-5-2-1-3-6-15)19(11-16-9-10-24-22(16)28)26-23(29)21-18-8-4-7-17(18)12-25-21;/h1-3,5-6,16-19,21,25H,4,7-14H2,(H,24,28)(H,26,29);1H/t16-,17?,18?,19-,21?;/m0./s1. The van der Waals surface area contributed by atoms with Crippen molar-refractivity contribution in [2.75, 3.05) is 19.7 Å². The summed E-state index contributed by atoms with van der Waals surface area (Å²) in [6, 6.07) is 8.71. The molecule has 1 aromatic rings. The smallest absolute Gasteiger partial charge is 0.238 e. The Kier molecular flexibility index (Phi) is 8.46. The summed E-state index contributed by atoms with van der Waals surface area (Å²) in [5.74, 6) is 0.324. The van der Waals surface area contributed by atoms with Gasteiger partial charge in [-0.1, -0.05) is 36.8 Å². The normalized spacial score (nSPS) is 27.8. The molecule has 0 bridgehead atoms. The first kappa shape index (κ1) is 23.7. The monoisotopic (exact) mass is 449 g/mol. The summed E-state index contributed by atoms with van der Waals surface area (Å²) in [5, 5.41) is 9.10. The lowest BCUT2D eigenvalue weighted by atomic mass is 9.92. The molecule has 1 aliphatic carbocycles. The second-order valence-electron chi connectivity index (χ2n) is 8.76. The molecule has 1 saturated carbocycles. The molecular weight excluding hydrogens is 418 g/mol. The zero-order valence-electron chi connectivity index (χ0n) is 17.7. The van der Waals surface area contributed by atoms with Crippen LogP contribution < -0.4 is 16.0 Å². The number of ether oxygens (including phenoxy) is 1. The van der Waals surface area contributed by atoms with E-state index in [9.17, 15) is 14.4 Å². The van der Waals surface area contributed by atoms with Crippen molar-refractivity contribution in [1.82, 2.24) is 16.0 Å². The first-order valence-corrected chi connectivity index (χ1v) is 11.1. The van der Waals surface area contributed by atoms with Crippen LogP contribution in [0.5, 0.6) is 0 Å². The van der Waals surface area contributed by atoms with Gasteiger partial charge in [0.1, 0.15) is 6.61 Å². The van der Waals surface area contributed by atoms with Crippen LogP contribution in [0.1, 0.15) is 37.7 Å². The van der Waals surface area contributed by atoms with E-state index in [1.165, 1.54) is 12.8 Å². The summed E-state index contributed by atoms with van der Waals surface area (Å²) in [7, 11) is 0. The lowest BCUT2D eigenvalue weighted by molar-refractivity contribution is -0.133. The predicted octanol–water partition coefficient (Wildman–Crippen LogP) is 1.59. The number of fused-ring (bicyclic) bond motifs is 1. The van der Waals surface area contributed by atoms with E-state index < -0.39 is 6.04 Å². The SMILES string of the molecule is Cl.O=C(N[C@@H](C[C@@H]1CCNC1=O)C(=O)COCc1ccccc1)C1NCC2CCCC21. The Balaban J connectivity index is 0.00000272. The van der Waals surface area contributed by atoms with Crippen molar-refractivity contribution in [3.05, 3.63) is 35.9 Å². The summed E-state index contributed by atoms with van der Waals surface area (Å²) in [6.45, 7) is 1.74. The van der Waals surface area contributed by atoms with Gasteiger partial charge in [0.05, 0.1) is 18.7 Å². The molecule has 2 saturated heterocycles. The molecule has 3 fully saturated rings. The molecule has 5 atom stereocenters. The highest BCUT2D eigenvalue weighted by atomic mass is 35.5. The molecule has 170 valence electrons. The van der Waals surface area contributed by atoms with Crippen LogP contribution in [0.4, 0.5) is 0 Å². The summed E-state index contributed by atoms with van der Waals surface area (Å²) >= 11 is 0. The van der Waals surface area contributed by atoms with Crippen LogP contribution in [0, 0.1) is 17.8 Å². The molecule has 0 radical (unpaired) electrons. The van der Waals surface area contributed by atoms with Gasteiger partial charge in [-0.2, -0.15) is 0 Å². The lowest BCUT2D eigenvalue weighted by Gasteiger charge is -2.24. The van der Waals surface area contributed by atoms with E-state index in [0.29, 0.717) is 37.8 Å². The van der Waals surface area contributed by atoms with Crippen molar-refractivity contribution < 1.29 is 19.1 Å². The number of nitrogens with one attached hydrogen (secondary N) is 3. The van der Waals surface area contributed by atoms with Crippen LogP contribution in [0.25, 0.3) is 0 Å². The molecule has 8 heteroatoms. The van der Waals surface area contributed by atoms with Gasteiger partial charge >= 0.3 is 0 Å². The van der Waals surface area contributed by atoms with Crippen molar-refractivity contribution in [2.24, 2.45) is 17.8 Å². The number of amides is 2. The Morgan fingerprint density at radius 3 is 2.71 bits per heavy atom. The fourth-order valence-corrected chi connectivity index (χ4v) is 5.11. The maximum atomic E-state index is 13.0. The van der Waals surface area contributed by atoms with Crippen LogP contribution >= 0.6 is 12.4 Å². The molecule has 2 heterocycles. The van der Waals surface area contributed by atoms with Gasteiger partial charge in [0.15, 0.2) is 5.78 Å². The molecule has 3 aliphatic rings. The summed E-state index contributed by atoms with van der Waals surface area (Å²) in [4.78, 5) is 37.9. The van der Waals surface area contributed by atoms with Gasteiger partial charge in [-0.05, 0) is 49.6 Å². The van der Waals surface area contributed by atoms with Crippen molar-refractivity contribution in [2.45, 2.75) is 50.8 Å². The van der Waals surface area contributed by atoms with Crippen LogP contribution in [-0.4, -0.2) is 49.4 Å². The molecule has 31 heavy (non-hydrogen) atoms. The van der Waals surface area contributed by atoms with Crippen molar-refractivity contribution >= 4 is 30.0 Å². The molecular formula is C23H32ClN3O4. The first-order valence-electron chi connectivity index (χ1n) is 11.1. The molecule has 0 spiro atoms. The Bertz CT molecular complexity index is 775. The number of carbonyl (C=O) groups excluding carboxylic acids is 3. The van der Waals surface area contributed by atoms with Gasteiger partial charge < -0.3 is 20.7 Å². The highest BCUT2D eigenvalue weighted by molar-refractivity contribution is 5.92. The van der Waals surface area contributed by atoms with Crippen molar-refractivity contribution in [3.8, 4) is 0 Å². The molecule has 7 nitrogen and oxygen atoms in total. The van der Waals surface area contributed by atoms with Crippen molar-refractivity contribution in [1.29, 1.82) is 0 Å². The van der Waals surface area contributed by atoms with Gasteiger partial charge in [0.25, 0.3) is 0 Å². The third-order valence-corrected chi connectivity index (χ3v) is 6.77. The Hall–Kier alpha value is -1.96. The van der Waals surface area contributed by atoms with Gasteiger partial charge in [-0.25, -0.2) is 0 Å². The third-order valence-electron chi connectivity index (χ3n) is 6.77. The number of rotatable bonds is 9. The fraction of sp³-hybridized carbons (Fsp3) is 0.609. The van der Waals surface area contributed by atoms with E-state index in [2.05, 4.69) is 16.0 Å². The Morgan fingerprint density at radius 2 is 1.97 bits per heavy atom. The van der Waals surface area contributed by atoms with Crippen molar-refractivity contribution in [3.63, 3.8) is 0 Å². The van der Waals surface area contributed by atoms with Gasteiger partial charge in [-0.3, -0.25) is 14.4 Å². The predicted molar refractivity (Wildman–Crippen MR) is 119 cm³/mol. The molecule has 4 rings (SSSR count). The van der Waals surface area contributed by atoms with Gasteiger partial charge in [0, 0.05) is 12.5 Å². The molecule has 2 amide bonds. The minimum absolute atomic E-state index is 0. The second-order valence-corrected chi connectivity index (χ2v) is 8.76. The van der Waals surface area contributed by atoms with Crippen LogP contribution in [-0.2, 0) is 25.7 Å². The van der Waals surface area contributed by atoms with Gasteiger partial charge in [0.2, 0.25) is 11.8 Å². The number of hydrogen-bond acceptors (Lipinski definition) is 5. The Morgan fingerprint density at radius 1 is 1.16 bits per heavy atom. The minimum atomic E-state index is -0.704. The minimum Gasteiger partial charge on any atom is -0.369 e. The summed E-state index contributed by atoms with van der Waals surface area (Å²) in [5.41, 5.74) is 0.989. The molecule has 1 aromatic carbocycles. The highest BCUT2D eigenvalue weighted by Crippen LogP contribution is 2.37. The molecule has 3 unspecified atom stereocenters. The maximum Gasteiger partial charge on any atom is 0.238 e. The first-order chi connectivity index (χ1) is 14.6. The average Bonchev–Trinajstić information content (AvgIpc) is 3.46. The molecule has 2 aliphatic heterocycles. The number of hydrogen-bond donors (Lipinski definition) is 3. The van der Waals surface area contributed by atoms with E-state index in [-0.39, 0.29) is 48.6 Å². The van der Waals surface area contributed by atoms with E-state index in [4.69, 9.17) is 4.74 Å². The molecule has 3 N–H and O–H groups in total. The zero-order chi connectivity index (χ0) is 20.9. The average molecular weight is 450 g/mol. The lowest BCUT2D eigenvalue weighted by Crippen LogP contribution is -2.51. The van der Waals surface area contributed by atoms with E-state index in [1.807, 2.05) is 30.3 Å². The topological polar surface area (TPSA) is 96.5 Å². The van der Waals surface area contributed by atoms with Gasteiger partial charge in [-0.15, -0.1) is 12.4 Å². The van der Waals surface area contributed by atoms with E-state index in [0.717, 1.165) is 18.5 Å². The van der Waals surface area contributed by atoms with Crippen LogP contribution in [0.2, 0.25) is 0 Å². The Labute approximate surface area is 189 Å². The number of benzene rings is 1. The zero-order valence-corrected chi connectivity index (χ0v) is 18.5. The summed E-state index contributed by atoms with van der Waals surface area (Å²) in [6.07, 6.45) is 4.40. The third kappa shape index (κ3) is 5.84.